The van der Waals surface area contributed by atoms with Gasteiger partial charge in [0.15, 0.2) is 5.76 Å². The van der Waals surface area contributed by atoms with Gasteiger partial charge >= 0.3 is 0 Å². The van der Waals surface area contributed by atoms with Crippen molar-refractivity contribution in [3.63, 3.8) is 0 Å². The molecule has 0 radical (unpaired) electrons. The molecule has 0 atom stereocenters. The van der Waals surface area contributed by atoms with Gasteiger partial charge in [-0.15, -0.1) is 0 Å². The molecule has 0 aliphatic rings. The van der Waals surface area contributed by atoms with Gasteiger partial charge in [0, 0.05) is 24.1 Å². The summed E-state index contributed by atoms with van der Waals surface area (Å²) in [6.07, 6.45) is 4.87. The summed E-state index contributed by atoms with van der Waals surface area (Å²) < 4.78 is 23.6. The highest BCUT2D eigenvalue weighted by Gasteiger charge is 2.15. The van der Waals surface area contributed by atoms with Crippen LogP contribution >= 0.6 is 0 Å². The summed E-state index contributed by atoms with van der Waals surface area (Å²) in [5.41, 5.74) is 3.77. The van der Waals surface area contributed by atoms with Crippen LogP contribution in [-0.4, -0.2) is 23.5 Å². The Morgan fingerprint density at radius 3 is 2.33 bits per heavy atom. The lowest BCUT2D eigenvalue weighted by atomic mass is 10.0. The molecule has 0 unspecified atom stereocenters. The SMILES string of the molecule is CCCc1c(OCCCOc2cc(O)c(-c3ccno3)cc2CC)cccc1Oc1ccccc1C. The van der Waals surface area contributed by atoms with E-state index in [0.29, 0.717) is 36.7 Å². The standard InChI is InChI=1S/C30H33NO5/c1-4-10-23-27(13-8-14-28(23)35-26-12-7-6-11-21(26)3)33-17-9-18-34-30-20-25(32)24(19-22(30)5-2)29-15-16-31-36-29/h6-8,11-16,19-20,32H,4-5,9-10,17-18H2,1-3H3. The molecule has 1 heterocycles. The van der Waals surface area contributed by atoms with Gasteiger partial charge in [-0.25, -0.2) is 0 Å². The fraction of sp³-hybridized carbons (Fsp3) is 0.300. The van der Waals surface area contributed by atoms with Crippen molar-refractivity contribution in [2.24, 2.45) is 0 Å². The summed E-state index contributed by atoms with van der Waals surface area (Å²) in [6.45, 7) is 7.22. The first-order valence-electron chi connectivity index (χ1n) is 12.5. The van der Waals surface area contributed by atoms with Crippen LogP contribution < -0.4 is 14.2 Å². The number of aromatic nitrogens is 1. The first kappa shape index (κ1) is 25.2. The first-order valence-corrected chi connectivity index (χ1v) is 12.5. The maximum absolute atomic E-state index is 10.5. The normalized spacial score (nSPS) is 10.9. The summed E-state index contributed by atoms with van der Waals surface area (Å²) in [4.78, 5) is 0. The number of nitrogens with zero attached hydrogens (tertiary/aromatic N) is 1. The van der Waals surface area contributed by atoms with Gasteiger partial charge in [0.05, 0.1) is 25.0 Å². The monoisotopic (exact) mass is 487 g/mol. The number of hydrogen-bond acceptors (Lipinski definition) is 6. The fourth-order valence-electron chi connectivity index (χ4n) is 4.06. The van der Waals surface area contributed by atoms with E-state index in [-0.39, 0.29) is 5.75 Å². The molecule has 0 saturated carbocycles. The Morgan fingerprint density at radius 1 is 0.861 bits per heavy atom. The third-order valence-corrected chi connectivity index (χ3v) is 5.97. The van der Waals surface area contributed by atoms with Gasteiger partial charge in [-0.1, -0.05) is 49.7 Å². The average Bonchev–Trinajstić information content (AvgIpc) is 3.42. The minimum Gasteiger partial charge on any atom is -0.507 e. The Bertz CT molecular complexity index is 1270. The number of phenols is 1. The van der Waals surface area contributed by atoms with Gasteiger partial charge in [-0.2, -0.15) is 0 Å². The lowest BCUT2D eigenvalue weighted by molar-refractivity contribution is 0.244. The van der Waals surface area contributed by atoms with Crippen LogP contribution in [0.25, 0.3) is 11.3 Å². The van der Waals surface area contributed by atoms with Crippen LogP contribution in [0, 0.1) is 6.92 Å². The van der Waals surface area contributed by atoms with Crippen molar-refractivity contribution < 1.29 is 23.8 Å². The second-order valence-corrected chi connectivity index (χ2v) is 8.61. The van der Waals surface area contributed by atoms with Crippen molar-refractivity contribution in [3.8, 4) is 40.1 Å². The van der Waals surface area contributed by atoms with E-state index in [9.17, 15) is 5.11 Å². The largest absolute Gasteiger partial charge is 0.507 e. The second-order valence-electron chi connectivity index (χ2n) is 8.61. The quantitative estimate of drug-likeness (QED) is 0.208. The van der Waals surface area contributed by atoms with Gasteiger partial charge in [0.2, 0.25) is 0 Å². The number of rotatable bonds is 12. The van der Waals surface area contributed by atoms with Crippen LogP contribution in [-0.2, 0) is 12.8 Å². The molecule has 0 aliphatic heterocycles. The Labute approximate surface area is 212 Å². The molecule has 1 aromatic heterocycles. The first-order chi connectivity index (χ1) is 17.6. The smallest absolute Gasteiger partial charge is 0.170 e. The molecule has 4 aromatic rings. The molecule has 188 valence electrons. The van der Waals surface area contributed by atoms with E-state index in [1.54, 1.807) is 18.3 Å². The summed E-state index contributed by atoms with van der Waals surface area (Å²) in [7, 11) is 0. The number of aryl methyl sites for hydroxylation is 2. The minimum absolute atomic E-state index is 0.102. The number of benzene rings is 3. The summed E-state index contributed by atoms with van der Waals surface area (Å²) in [5, 5.41) is 14.2. The van der Waals surface area contributed by atoms with E-state index in [0.717, 1.165) is 53.2 Å². The third kappa shape index (κ3) is 6.00. The van der Waals surface area contributed by atoms with Gasteiger partial charge in [0.25, 0.3) is 0 Å². The Morgan fingerprint density at radius 2 is 1.61 bits per heavy atom. The molecule has 4 rings (SSSR count). The van der Waals surface area contributed by atoms with Crippen molar-refractivity contribution in [1.82, 2.24) is 5.16 Å². The molecule has 0 fully saturated rings. The van der Waals surface area contributed by atoms with Crippen molar-refractivity contribution in [1.29, 1.82) is 0 Å². The molecule has 0 saturated heterocycles. The molecular weight excluding hydrogens is 454 g/mol. The molecular formula is C30H33NO5. The number of para-hydroxylation sites is 1. The average molecular weight is 488 g/mol. The van der Waals surface area contributed by atoms with Crippen LogP contribution in [0.15, 0.2) is 71.4 Å². The molecule has 3 aromatic carbocycles. The lowest BCUT2D eigenvalue weighted by Gasteiger charge is -2.17. The van der Waals surface area contributed by atoms with Crippen LogP contribution in [0.2, 0.25) is 0 Å². The van der Waals surface area contributed by atoms with E-state index in [2.05, 4.69) is 12.1 Å². The summed E-state index contributed by atoms with van der Waals surface area (Å²) >= 11 is 0. The third-order valence-electron chi connectivity index (χ3n) is 5.97. The Kier molecular flexibility index (Phi) is 8.50. The molecule has 0 amide bonds. The van der Waals surface area contributed by atoms with E-state index in [1.165, 1.54) is 0 Å². The van der Waals surface area contributed by atoms with Crippen molar-refractivity contribution in [3.05, 3.63) is 83.6 Å². The van der Waals surface area contributed by atoms with Crippen molar-refractivity contribution in [2.75, 3.05) is 13.2 Å². The molecule has 6 heteroatoms. The zero-order valence-corrected chi connectivity index (χ0v) is 21.1. The van der Waals surface area contributed by atoms with Crippen LogP contribution in [0.5, 0.6) is 28.7 Å². The highest BCUT2D eigenvalue weighted by molar-refractivity contribution is 5.68. The Balaban J connectivity index is 1.37. The molecule has 0 bridgehead atoms. The van der Waals surface area contributed by atoms with Gasteiger partial charge in [0.1, 0.15) is 28.7 Å². The number of phenolic OH excluding ortho intramolecular Hbond substituents is 1. The molecule has 36 heavy (non-hydrogen) atoms. The van der Waals surface area contributed by atoms with Crippen LogP contribution in [0.4, 0.5) is 0 Å². The predicted octanol–water partition coefficient (Wildman–Crippen LogP) is 7.51. The van der Waals surface area contributed by atoms with Crippen LogP contribution in [0.3, 0.4) is 0 Å². The Hall–Kier alpha value is -3.93. The van der Waals surface area contributed by atoms with E-state index in [4.69, 9.17) is 18.7 Å². The predicted molar refractivity (Wildman–Crippen MR) is 140 cm³/mol. The van der Waals surface area contributed by atoms with Crippen molar-refractivity contribution in [2.45, 2.75) is 46.5 Å². The molecule has 6 nitrogen and oxygen atoms in total. The highest BCUT2D eigenvalue weighted by atomic mass is 16.5. The van der Waals surface area contributed by atoms with Gasteiger partial charge < -0.3 is 23.8 Å². The zero-order valence-electron chi connectivity index (χ0n) is 21.1. The zero-order chi connectivity index (χ0) is 25.3. The topological polar surface area (TPSA) is 74.0 Å². The number of ether oxygens (including phenoxy) is 3. The minimum atomic E-state index is 0.102. The van der Waals surface area contributed by atoms with Crippen LogP contribution in [0.1, 0.15) is 43.4 Å². The highest BCUT2D eigenvalue weighted by Crippen LogP contribution is 2.36. The number of hydrogen-bond donors (Lipinski definition) is 1. The molecule has 0 aliphatic carbocycles. The summed E-state index contributed by atoms with van der Waals surface area (Å²) in [5.74, 6) is 3.81. The molecule has 1 N–H and O–H groups in total. The molecule has 0 spiro atoms. The second kappa shape index (κ2) is 12.2. The number of aromatic hydroxyl groups is 1. The van der Waals surface area contributed by atoms with E-state index >= 15 is 0 Å². The maximum Gasteiger partial charge on any atom is 0.170 e. The van der Waals surface area contributed by atoms with Gasteiger partial charge in [-0.3, -0.25) is 0 Å². The van der Waals surface area contributed by atoms with Crippen molar-refractivity contribution >= 4 is 0 Å². The summed E-state index contributed by atoms with van der Waals surface area (Å²) in [6, 6.07) is 19.2. The lowest BCUT2D eigenvalue weighted by Crippen LogP contribution is -2.07. The van der Waals surface area contributed by atoms with E-state index in [1.807, 2.05) is 62.4 Å². The van der Waals surface area contributed by atoms with Gasteiger partial charge in [-0.05, 0) is 55.2 Å². The van der Waals surface area contributed by atoms with E-state index < -0.39 is 0 Å². The maximum atomic E-state index is 10.5. The fourth-order valence-corrected chi connectivity index (χ4v) is 4.06.